The molecule has 0 bridgehead atoms. The van der Waals surface area contributed by atoms with Gasteiger partial charge < -0.3 is 25.4 Å². The minimum absolute atomic E-state index is 0.312. The Bertz CT molecular complexity index is 150. The third-order valence-electron chi connectivity index (χ3n) is 2.15. The molecule has 5 nitrogen and oxygen atoms in total. The molecule has 0 unspecified atom stereocenters. The summed E-state index contributed by atoms with van der Waals surface area (Å²) in [4.78, 5) is 0. The highest BCUT2D eigenvalue weighted by atomic mass is 16.7. The summed E-state index contributed by atoms with van der Waals surface area (Å²) >= 11 is 0. The topological polar surface area (TPSA) is 84.9 Å². The highest BCUT2D eigenvalue weighted by molar-refractivity contribution is 4.89. The number of aliphatic hydroxyl groups is 2. The Balaban J connectivity index is 2.63. The van der Waals surface area contributed by atoms with Crippen LogP contribution >= 0.6 is 0 Å². The highest BCUT2D eigenvalue weighted by Crippen LogP contribution is 2.19. The molecule has 1 rings (SSSR count). The number of methoxy groups -OCH3 is 1. The van der Waals surface area contributed by atoms with Crippen LogP contribution in [0.15, 0.2) is 0 Å². The van der Waals surface area contributed by atoms with Crippen molar-refractivity contribution in [2.45, 2.75) is 37.6 Å². The fourth-order valence-electron chi connectivity index (χ4n) is 1.24. The molecule has 1 heterocycles. The molecule has 0 saturated carbocycles. The first kappa shape index (κ1) is 9.88. The maximum atomic E-state index is 9.38. The van der Waals surface area contributed by atoms with Crippen molar-refractivity contribution in [3.63, 3.8) is 0 Å². The predicted molar refractivity (Wildman–Crippen MR) is 41.3 cm³/mol. The Labute approximate surface area is 71.1 Å². The van der Waals surface area contributed by atoms with E-state index in [1.165, 1.54) is 7.11 Å². The molecule has 5 atom stereocenters. The van der Waals surface area contributed by atoms with E-state index in [1.54, 1.807) is 6.92 Å². The molecule has 0 aromatic rings. The van der Waals surface area contributed by atoms with Crippen LogP contribution in [0.3, 0.4) is 0 Å². The zero-order valence-corrected chi connectivity index (χ0v) is 7.18. The molecule has 0 aromatic heterocycles. The zero-order valence-electron chi connectivity index (χ0n) is 7.18. The second-order valence-corrected chi connectivity index (χ2v) is 3.00. The molecule has 0 radical (unpaired) electrons. The van der Waals surface area contributed by atoms with Gasteiger partial charge in [0, 0.05) is 7.11 Å². The van der Waals surface area contributed by atoms with Crippen molar-refractivity contribution in [2.24, 2.45) is 5.73 Å². The van der Waals surface area contributed by atoms with Crippen LogP contribution < -0.4 is 5.73 Å². The van der Waals surface area contributed by atoms with Crippen LogP contribution in [-0.2, 0) is 9.47 Å². The lowest BCUT2D eigenvalue weighted by Crippen LogP contribution is -2.60. The maximum absolute atomic E-state index is 9.38. The van der Waals surface area contributed by atoms with Crippen molar-refractivity contribution >= 4 is 0 Å². The molecular formula is C7H15NO4. The summed E-state index contributed by atoms with van der Waals surface area (Å²) in [7, 11) is 1.41. The van der Waals surface area contributed by atoms with Crippen molar-refractivity contribution in [2.75, 3.05) is 7.11 Å². The van der Waals surface area contributed by atoms with Crippen molar-refractivity contribution in [3.8, 4) is 0 Å². The van der Waals surface area contributed by atoms with Gasteiger partial charge in [-0.15, -0.1) is 0 Å². The number of hydrogen-bond acceptors (Lipinski definition) is 5. The van der Waals surface area contributed by atoms with Gasteiger partial charge >= 0.3 is 0 Å². The maximum Gasteiger partial charge on any atom is 0.186 e. The van der Waals surface area contributed by atoms with Gasteiger partial charge in [-0.25, -0.2) is 0 Å². The molecule has 0 spiro atoms. The Hall–Kier alpha value is -0.200. The van der Waals surface area contributed by atoms with Gasteiger partial charge in [0.1, 0.15) is 12.2 Å². The summed E-state index contributed by atoms with van der Waals surface area (Å²) in [5, 5.41) is 18.7. The molecule has 4 N–H and O–H groups in total. The zero-order chi connectivity index (χ0) is 9.30. The fourth-order valence-corrected chi connectivity index (χ4v) is 1.24. The normalized spacial score (nSPS) is 49.2. The average molecular weight is 177 g/mol. The third-order valence-corrected chi connectivity index (χ3v) is 2.15. The van der Waals surface area contributed by atoms with Gasteiger partial charge in [0.25, 0.3) is 0 Å². The van der Waals surface area contributed by atoms with Crippen molar-refractivity contribution in [1.82, 2.24) is 0 Å². The minimum Gasteiger partial charge on any atom is -0.388 e. The van der Waals surface area contributed by atoms with E-state index in [4.69, 9.17) is 15.2 Å². The molecular weight excluding hydrogens is 162 g/mol. The van der Waals surface area contributed by atoms with E-state index < -0.39 is 24.5 Å². The molecule has 12 heavy (non-hydrogen) atoms. The van der Waals surface area contributed by atoms with Gasteiger partial charge in [-0.3, -0.25) is 0 Å². The first-order valence-electron chi connectivity index (χ1n) is 3.88. The summed E-state index contributed by atoms with van der Waals surface area (Å²) in [6.45, 7) is 1.73. The first-order valence-corrected chi connectivity index (χ1v) is 3.88. The standard InChI is InChI=1S/C7H15NO4/c1-3-4(8)5(9)6(10)7(11-2)12-3/h3-7,9-10H,8H2,1-2H3/t3-,4+,5+,6-,7+/m1/s1. The first-order chi connectivity index (χ1) is 5.57. The molecule has 5 heteroatoms. The lowest BCUT2D eigenvalue weighted by Gasteiger charge is -2.39. The van der Waals surface area contributed by atoms with Gasteiger partial charge in [-0.05, 0) is 6.92 Å². The van der Waals surface area contributed by atoms with E-state index in [1.807, 2.05) is 0 Å². The quantitative estimate of drug-likeness (QED) is 0.450. The van der Waals surface area contributed by atoms with Crippen LogP contribution in [-0.4, -0.2) is 48.0 Å². The summed E-state index contributed by atoms with van der Waals surface area (Å²) in [6, 6.07) is -0.564. The van der Waals surface area contributed by atoms with E-state index in [2.05, 4.69) is 0 Å². The third kappa shape index (κ3) is 1.60. The van der Waals surface area contributed by atoms with E-state index in [9.17, 15) is 10.2 Å². The molecule has 0 aliphatic carbocycles. The van der Waals surface area contributed by atoms with E-state index in [-0.39, 0.29) is 6.10 Å². The Morgan fingerprint density at radius 1 is 1.33 bits per heavy atom. The summed E-state index contributed by atoms with van der Waals surface area (Å²) < 4.78 is 9.98. The van der Waals surface area contributed by atoms with Crippen LogP contribution in [0.4, 0.5) is 0 Å². The molecule has 0 aromatic carbocycles. The van der Waals surface area contributed by atoms with Crippen molar-refractivity contribution in [1.29, 1.82) is 0 Å². The van der Waals surface area contributed by atoms with Gasteiger partial charge in [0.05, 0.1) is 12.1 Å². The lowest BCUT2D eigenvalue weighted by atomic mass is 9.98. The van der Waals surface area contributed by atoms with Crippen LogP contribution in [0.25, 0.3) is 0 Å². The number of hydrogen-bond donors (Lipinski definition) is 3. The Morgan fingerprint density at radius 3 is 2.42 bits per heavy atom. The summed E-state index contributed by atoms with van der Waals surface area (Å²) in [5.74, 6) is 0. The molecule has 1 fully saturated rings. The van der Waals surface area contributed by atoms with E-state index in [0.29, 0.717) is 0 Å². The van der Waals surface area contributed by atoms with Crippen LogP contribution in [0.5, 0.6) is 0 Å². The minimum atomic E-state index is -1.07. The highest BCUT2D eigenvalue weighted by Gasteiger charge is 2.40. The largest absolute Gasteiger partial charge is 0.388 e. The number of ether oxygens (including phenoxy) is 2. The van der Waals surface area contributed by atoms with Crippen molar-refractivity contribution < 1.29 is 19.7 Å². The van der Waals surface area contributed by atoms with E-state index >= 15 is 0 Å². The van der Waals surface area contributed by atoms with Gasteiger partial charge in [0.2, 0.25) is 0 Å². The van der Waals surface area contributed by atoms with E-state index in [0.717, 1.165) is 0 Å². The van der Waals surface area contributed by atoms with Gasteiger partial charge in [-0.2, -0.15) is 0 Å². The van der Waals surface area contributed by atoms with Crippen molar-refractivity contribution in [3.05, 3.63) is 0 Å². The second kappa shape index (κ2) is 3.68. The number of nitrogens with two attached hydrogens (primary N) is 1. The molecule has 1 saturated heterocycles. The molecule has 72 valence electrons. The summed E-state index contributed by atoms with van der Waals surface area (Å²) in [6.07, 6.45) is -3.15. The van der Waals surface area contributed by atoms with Gasteiger partial charge in [0.15, 0.2) is 6.29 Å². The van der Waals surface area contributed by atoms with Gasteiger partial charge in [-0.1, -0.05) is 0 Å². The predicted octanol–water partition coefficient (Wildman–Crippen LogP) is -1.57. The monoisotopic (exact) mass is 177 g/mol. The molecule has 0 amide bonds. The Kier molecular flexibility index (Phi) is 3.03. The number of rotatable bonds is 1. The smallest absolute Gasteiger partial charge is 0.186 e. The Morgan fingerprint density at radius 2 is 1.92 bits per heavy atom. The summed E-state index contributed by atoms with van der Waals surface area (Å²) in [5.41, 5.74) is 5.54. The molecule has 1 aliphatic heterocycles. The lowest BCUT2D eigenvalue weighted by molar-refractivity contribution is -0.260. The molecule has 1 aliphatic rings. The SMILES string of the molecule is CO[C@H]1O[C@H](C)[C@H](N)[C@H](O)[C@H]1O. The van der Waals surface area contributed by atoms with Crippen LogP contribution in [0.1, 0.15) is 6.92 Å². The van der Waals surface area contributed by atoms with Crippen LogP contribution in [0.2, 0.25) is 0 Å². The van der Waals surface area contributed by atoms with Crippen LogP contribution in [0, 0.1) is 0 Å². The second-order valence-electron chi connectivity index (χ2n) is 3.00. The number of aliphatic hydroxyl groups excluding tert-OH is 2. The average Bonchev–Trinajstić information content (AvgIpc) is 2.08. The fraction of sp³-hybridized carbons (Fsp3) is 1.00.